The number of H-pyrrole nitrogens is 1. The number of aryl methyl sites for hydroxylation is 1. The van der Waals surface area contributed by atoms with E-state index in [0.29, 0.717) is 12.0 Å². The van der Waals surface area contributed by atoms with E-state index in [9.17, 15) is 4.79 Å². The van der Waals surface area contributed by atoms with E-state index < -0.39 is 0 Å². The highest BCUT2D eigenvalue weighted by atomic mass is 16.5. The minimum Gasteiger partial charge on any atom is -0.465 e. The van der Waals surface area contributed by atoms with Crippen LogP contribution in [0.15, 0.2) is 71.3 Å². The highest BCUT2D eigenvalue weighted by Crippen LogP contribution is 2.32. The highest BCUT2D eigenvalue weighted by Gasteiger charge is 2.19. The zero-order valence-corrected chi connectivity index (χ0v) is 15.7. The Morgan fingerprint density at radius 3 is 2.46 bits per heavy atom. The molecule has 0 amide bonds. The van der Waals surface area contributed by atoms with Crippen molar-refractivity contribution in [2.75, 3.05) is 7.11 Å². The van der Waals surface area contributed by atoms with Gasteiger partial charge in [0.15, 0.2) is 5.76 Å². The van der Waals surface area contributed by atoms with E-state index in [1.54, 1.807) is 18.4 Å². The number of aromatic nitrogens is 2. The van der Waals surface area contributed by atoms with Crippen LogP contribution in [-0.2, 0) is 11.2 Å². The lowest BCUT2D eigenvalue weighted by Crippen LogP contribution is -2.00. The van der Waals surface area contributed by atoms with Crippen molar-refractivity contribution in [1.29, 1.82) is 0 Å². The molecule has 2 heterocycles. The predicted octanol–water partition coefficient (Wildman–Crippen LogP) is 5.02. The van der Waals surface area contributed by atoms with Crippen LogP contribution < -0.4 is 0 Å². The molecule has 0 fully saturated rings. The monoisotopic (exact) mass is 372 g/mol. The van der Waals surface area contributed by atoms with Gasteiger partial charge in [-0.05, 0) is 36.8 Å². The lowest BCUT2D eigenvalue weighted by Gasteiger charge is -2.07. The first kappa shape index (κ1) is 17.8. The molecule has 5 nitrogen and oxygen atoms in total. The Hall–Kier alpha value is -3.60. The number of aromatic amines is 1. The molecule has 28 heavy (non-hydrogen) atoms. The van der Waals surface area contributed by atoms with Crippen molar-refractivity contribution in [2.24, 2.45) is 0 Å². The van der Waals surface area contributed by atoms with Crippen LogP contribution in [-0.4, -0.2) is 23.3 Å². The Balaban J connectivity index is 1.76. The smallest absolute Gasteiger partial charge is 0.337 e. The highest BCUT2D eigenvalue weighted by molar-refractivity contribution is 5.90. The summed E-state index contributed by atoms with van der Waals surface area (Å²) >= 11 is 0. The number of carbonyl (C=O) groups is 1. The average Bonchev–Trinajstić information content (AvgIpc) is 3.39. The van der Waals surface area contributed by atoms with E-state index in [-0.39, 0.29) is 5.97 Å². The number of furan rings is 1. The standard InChI is InChI=1S/C23H20N2O3/c1-15-5-7-16(8-6-15)14-19-21(24-25-22(19)20-4-3-13-28-20)17-9-11-18(12-10-17)23(26)27-2/h3-13H,14H2,1-2H3,(H,24,25). The number of carbonyl (C=O) groups excluding carboxylic acids is 1. The van der Waals surface area contributed by atoms with Gasteiger partial charge in [0, 0.05) is 17.5 Å². The average molecular weight is 372 g/mol. The van der Waals surface area contributed by atoms with Crippen LogP contribution in [0.3, 0.4) is 0 Å². The number of hydrogen-bond acceptors (Lipinski definition) is 4. The number of rotatable bonds is 5. The molecule has 2 aromatic carbocycles. The summed E-state index contributed by atoms with van der Waals surface area (Å²) in [6.45, 7) is 2.07. The van der Waals surface area contributed by atoms with Crippen LogP contribution in [0.2, 0.25) is 0 Å². The molecular formula is C23H20N2O3. The van der Waals surface area contributed by atoms with Crippen molar-refractivity contribution in [1.82, 2.24) is 10.2 Å². The molecule has 0 atom stereocenters. The molecule has 0 aliphatic rings. The summed E-state index contributed by atoms with van der Waals surface area (Å²) in [5, 5.41) is 7.67. The zero-order chi connectivity index (χ0) is 19.5. The molecule has 1 N–H and O–H groups in total. The second-order valence-electron chi connectivity index (χ2n) is 6.63. The van der Waals surface area contributed by atoms with Crippen LogP contribution in [0.4, 0.5) is 0 Å². The summed E-state index contributed by atoms with van der Waals surface area (Å²) in [5.41, 5.74) is 6.58. The lowest BCUT2D eigenvalue weighted by molar-refractivity contribution is 0.0601. The van der Waals surface area contributed by atoms with E-state index in [4.69, 9.17) is 9.15 Å². The Morgan fingerprint density at radius 1 is 1.07 bits per heavy atom. The fraction of sp³-hybridized carbons (Fsp3) is 0.130. The zero-order valence-electron chi connectivity index (χ0n) is 15.7. The molecule has 0 aliphatic heterocycles. The summed E-state index contributed by atoms with van der Waals surface area (Å²) in [6, 6.07) is 19.5. The second kappa shape index (κ2) is 7.56. The number of nitrogens with zero attached hydrogens (tertiary/aromatic N) is 1. The van der Waals surface area contributed by atoms with E-state index in [2.05, 4.69) is 41.4 Å². The number of benzene rings is 2. The molecule has 0 aliphatic carbocycles. The van der Waals surface area contributed by atoms with Gasteiger partial charge in [-0.1, -0.05) is 42.0 Å². The minimum atomic E-state index is -0.357. The third kappa shape index (κ3) is 3.47. The summed E-state index contributed by atoms with van der Waals surface area (Å²) in [4.78, 5) is 11.7. The maximum Gasteiger partial charge on any atom is 0.337 e. The molecular weight excluding hydrogens is 352 g/mol. The first-order chi connectivity index (χ1) is 13.7. The van der Waals surface area contributed by atoms with Gasteiger partial charge in [-0.15, -0.1) is 0 Å². The summed E-state index contributed by atoms with van der Waals surface area (Å²) in [7, 11) is 1.37. The van der Waals surface area contributed by atoms with Crippen LogP contribution in [0.5, 0.6) is 0 Å². The topological polar surface area (TPSA) is 68.1 Å². The first-order valence-corrected chi connectivity index (χ1v) is 9.01. The number of methoxy groups -OCH3 is 1. The molecule has 5 heteroatoms. The molecule has 2 aromatic heterocycles. The molecule has 140 valence electrons. The molecule has 0 radical (unpaired) electrons. The van der Waals surface area contributed by atoms with Crippen molar-refractivity contribution in [2.45, 2.75) is 13.3 Å². The Kier molecular flexibility index (Phi) is 4.81. The Labute approximate surface area is 163 Å². The fourth-order valence-corrected chi connectivity index (χ4v) is 3.19. The molecule has 4 aromatic rings. The van der Waals surface area contributed by atoms with Gasteiger partial charge in [0.25, 0.3) is 0 Å². The van der Waals surface area contributed by atoms with Gasteiger partial charge >= 0.3 is 5.97 Å². The van der Waals surface area contributed by atoms with Gasteiger partial charge in [0.2, 0.25) is 0 Å². The fourth-order valence-electron chi connectivity index (χ4n) is 3.19. The third-order valence-electron chi connectivity index (χ3n) is 4.72. The maximum atomic E-state index is 11.7. The number of esters is 1. The summed E-state index contributed by atoms with van der Waals surface area (Å²) in [6.07, 6.45) is 2.36. The van der Waals surface area contributed by atoms with Gasteiger partial charge in [-0.2, -0.15) is 5.10 Å². The van der Waals surface area contributed by atoms with Crippen molar-refractivity contribution >= 4 is 5.97 Å². The third-order valence-corrected chi connectivity index (χ3v) is 4.72. The largest absolute Gasteiger partial charge is 0.465 e. The van der Waals surface area contributed by atoms with Crippen molar-refractivity contribution in [3.63, 3.8) is 0 Å². The molecule has 0 saturated heterocycles. The van der Waals surface area contributed by atoms with Crippen molar-refractivity contribution in [3.05, 3.63) is 89.2 Å². The van der Waals surface area contributed by atoms with Gasteiger partial charge < -0.3 is 9.15 Å². The minimum absolute atomic E-state index is 0.357. The number of nitrogens with one attached hydrogen (secondary N) is 1. The normalized spacial score (nSPS) is 10.8. The molecule has 0 bridgehead atoms. The van der Waals surface area contributed by atoms with Crippen LogP contribution in [0.1, 0.15) is 27.0 Å². The molecule has 0 unspecified atom stereocenters. The van der Waals surface area contributed by atoms with Crippen LogP contribution in [0, 0.1) is 6.92 Å². The lowest BCUT2D eigenvalue weighted by atomic mass is 9.97. The molecule has 4 rings (SSSR count). The van der Waals surface area contributed by atoms with Gasteiger partial charge in [-0.3, -0.25) is 5.10 Å². The van der Waals surface area contributed by atoms with Gasteiger partial charge in [0.1, 0.15) is 5.69 Å². The number of hydrogen-bond donors (Lipinski definition) is 1. The Morgan fingerprint density at radius 2 is 1.82 bits per heavy atom. The van der Waals surface area contributed by atoms with E-state index >= 15 is 0 Å². The molecule has 0 saturated carbocycles. The SMILES string of the molecule is COC(=O)c1ccc(-c2n[nH]c(-c3ccco3)c2Cc2ccc(C)cc2)cc1. The first-order valence-electron chi connectivity index (χ1n) is 9.01. The van der Waals surface area contributed by atoms with E-state index in [0.717, 1.165) is 28.3 Å². The quantitative estimate of drug-likeness (QED) is 0.499. The van der Waals surface area contributed by atoms with Gasteiger partial charge in [-0.25, -0.2) is 4.79 Å². The number of ether oxygens (including phenoxy) is 1. The predicted molar refractivity (Wildman–Crippen MR) is 107 cm³/mol. The van der Waals surface area contributed by atoms with Crippen LogP contribution >= 0.6 is 0 Å². The van der Waals surface area contributed by atoms with E-state index in [1.165, 1.54) is 18.2 Å². The summed E-state index contributed by atoms with van der Waals surface area (Å²) in [5.74, 6) is 0.386. The van der Waals surface area contributed by atoms with Crippen LogP contribution in [0.25, 0.3) is 22.7 Å². The van der Waals surface area contributed by atoms with Gasteiger partial charge in [0.05, 0.1) is 24.6 Å². The van der Waals surface area contributed by atoms with Crippen molar-refractivity contribution < 1.29 is 13.9 Å². The second-order valence-corrected chi connectivity index (χ2v) is 6.63. The molecule has 0 spiro atoms. The van der Waals surface area contributed by atoms with E-state index in [1.807, 2.05) is 24.3 Å². The Bertz CT molecular complexity index is 1080. The summed E-state index contributed by atoms with van der Waals surface area (Å²) < 4.78 is 10.4. The maximum absolute atomic E-state index is 11.7. The van der Waals surface area contributed by atoms with Crippen molar-refractivity contribution in [3.8, 4) is 22.7 Å².